The lowest BCUT2D eigenvalue weighted by Gasteiger charge is -2.16. The summed E-state index contributed by atoms with van der Waals surface area (Å²) < 4.78 is 0. The number of H-pyrrole nitrogens is 1. The van der Waals surface area contributed by atoms with Gasteiger partial charge in [0.15, 0.2) is 0 Å². The van der Waals surface area contributed by atoms with Gasteiger partial charge < -0.3 is 4.98 Å². The minimum Gasteiger partial charge on any atom is -0.324 e. The molecule has 2 N–H and O–H groups in total. The van der Waals surface area contributed by atoms with Gasteiger partial charge in [0.2, 0.25) is 5.95 Å². The van der Waals surface area contributed by atoms with Gasteiger partial charge in [-0.15, -0.1) is 11.3 Å². The van der Waals surface area contributed by atoms with Crippen molar-refractivity contribution in [2.75, 3.05) is 5.32 Å². The second-order valence-corrected chi connectivity index (χ2v) is 7.10. The first-order valence-electron chi connectivity index (χ1n) is 7.57. The number of nitrogens with zero attached hydrogens (tertiary/aromatic N) is 1. The van der Waals surface area contributed by atoms with Gasteiger partial charge in [0.25, 0.3) is 5.91 Å². The van der Waals surface area contributed by atoms with Gasteiger partial charge in [-0.2, -0.15) is 0 Å². The summed E-state index contributed by atoms with van der Waals surface area (Å²) in [6.45, 7) is 2.27. The zero-order valence-electron chi connectivity index (χ0n) is 12.3. The van der Waals surface area contributed by atoms with Crippen LogP contribution in [0.25, 0.3) is 11.0 Å². The molecule has 22 heavy (non-hydrogen) atoms. The smallest absolute Gasteiger partial charge is 0.268 e. The van der Waals surface area contributed by atoms with Crippen molar-refractivity contribution >= 4 is 34.2 Å². The van der Waals surface area contributed by atoms with Crippen LogP contribution >= 0.6 is 11.3 Å². The molecule has 0 saturated heterocycles. The molecule has 0 spiro atoms. The maximum atomic E-state index is 12.4. The number of anilines is 1. The molecule has 2 aromatic heterocycles. The number of fused-ring (bicyclic) bond motifs is 2. The molecule has 1 aliphatic rings. The first kappa shape index (κ1) is 13.5. The molecule has 3 aromatic rings. The molecule has 0 unspecified atom stereocenters. The van der Waals surface area contributed by atoms with E-state index in [1.807, 2.05) is 30.3 Å². The minimum absolute atomic E-state index is 0.0777. The molecule has 1 amide bonds. The van der Waals surface area contributed by atoms with E-state index in [4.69, 9.17) is 0 Å². The third-order valence-corrected chi connectivity index (χ3v) is 5.41. The highest BCUT2D eigenvalue weighted by atomic mass is 32.1. The van der Waals surface area contributed by atoms with Crippen molar-refractivity contribution in [3.63, 3.8) is 0 Å². The predicted molar refractivity (Wildman–Crippen MR) is 89.6 cm³/mol. The van der Waals surface area contributed by atoms with Gasteiger partial charge in [0, 0.05) is 4.88 Å². The Morgan fingerprint density at radius 3 is 3.14 bits per heavy atom. The highest BCUT2D eigenvalue weighted by Crippen LogP contribution is 2.32. The van der Waals surface area contributed by atoms with Crippen LogP contribution in [0.1, 0.15) is 33.5 Å². The molecule has 1 atom stereocenters. The normalized spacial score (nSPS) is 17.4. The Morgan fingerprint density at radius 2 is 2.27 bits per heavy atom. The van der Waals surface area contributed by atoms with E-state index in [1.165, 1.54) is 16.9 Å². The number of imidazole rings is 1. The summed E-state index contributed by atoms with van der Waals surface area (Å²) in [6.07, 6.45) is 3.40. The average Bonchev–Trinajstić information content (AvgIpc) is 3.09. The molecular formula is C17H17N3OS. The number of thiophene rings is 1. The number of nitrogens with one attached hydrogen (secondary N) is 2. The minimum atomic E-state index is -0.0777. The molecular weight excluding hydrogens is 294 g/mol. The first-order chi connectivity index (χ1) is 10.7. The fraction of sp³-hybridized carbons (Fsp3) is 0.294. The van der Waals surface area contributed by atoms with Crippen LogP contribution in [0.2, 0.25) is 0 Å². The quantitative estimate of drug-likeness (QED) is 0.751. The number of para-hydroxylation sites is 2. The van der Waals surface area contributed by atoms with Crippen molar-refractivity contribution in [2.24, 2.45) is 5.92 Å². The van der Waals surface area contributed by atoms with Gasteiger partial charge in [-0.05, 0) is 48.9 Å². The summed E-state index contributed by atoms with van der Waals surface area (Å²) in [5.41, 5.74) is 3.13. The Bertz CT molecular complexity index is 816. The molecule has 2 heterocycles. The number of aromatic nitrogens is 2. The third kappa shape index (κ3) is 2.41. The van der Waals surface area contributed by atoms with E-state index < -0.39 is 0 Å². The van der Waals surface area contributed by atoms with Crippen LogP contribution in [0.3, 0.4) is 0 Å². The Kier molecular flexibility index (Phi) is 3.22. The maximum absolute atomic E-state index is 12.4. The molecule has 1 aliphatic carbocycles. The Morgan fingerprint density at radius 1 is 1.41 bits per heavy atom. The highest BCUT2D eigenvalue weighted by Gasteiger charge is 2.21. The number of hydrogen-bond acceptors (Lipinski definition) is 3. The van der Waals surface area contributed by atoms with Crippen LogP contribution in [0, 0.1) is 5.92 Å². The van der Waals surface area contributed by atoms with Crippen molar-refractivity contribution in [1.82, 2.24) is 9.97 Å². The fourth-order valence-corrected chi connectivity index (χ4v) is 4.10. The molecule has 1 aromatic carbocycles. The number of benzene rings is 1. The Balaban J connectivity index is 1.57. The molecule has 0 radical (unpaired) electrons. The van der Waals surface area contributed by atoms with E-state index in [9.17, 15) is 4.79 Å². The fourth-order valence-electron chi connectivity index (χ4n) is 3.00. The molecule has 0 saturated carbocycles. The summed E-state index contributed by atoms with van der Waals surface area (Å²) in [5, 5.41) is 2.87. The van der Waals surface area contributed by atoms with Crippen LogP contribution in [0.5, 0.6) is 0 Å². The zero-order chi connectivity index (χ0) is 15.1. The van der Waals surface area contributed by atoms with E-state index in [1.54, 1.807) is 11.3 Å². The van der Waals surface area contributed by atoms with Crippen LogP contribution in [-0.2, 0) is 12.8 Å². The largest absolute Gasteiger partial charge is 0.324 e. The lowest BCUT2D eigenvalue weighted by Crippen LogP contribution is -2.11. The Labute approximate surface area is 132 Å². The van der Waals surface area contributed by atoms with E-state index >= 15 is 0 Å². The van der Waals surface area contributed by atoms with Gasteiger partial charge in [-0.1, -0.05) is 19.1 Å². The number of carbonyl (C=O) groups is 1. The van der Waals surface area contributed by atoms with Gasteiger partial charge in [0.05, 0.1) is 15.9 Å². The van der Waals surface area contributed by atoms with Crippen LogP contribution in [0.4, 0.5) is 5.95 Å². The number of carbonyl (C=O) groups excluding carboxylic acids is 1. The summed E-state index contributed by atoms with van der Waals surface area (Å²) in [5.74, 6) is 1.14. The second-order valence-electron chi connectivity index (χ2n) is 5.96. The second kappa shape index (κ2) is 5.25. The number of aromatic amines is 1. The van der Waals surface area contributed by atoms with Gasteiger partial charge in [-0.25, -0.2) is 4.98 Å². The summed E-state index contributed by atoms with van der Waals surface area (Å²) in [6, 6.07) is 9.80. The van der Waals surface area contributed by atoms with Crippen molar-refractivity contribution in [2.45, 2.75) is 26.2 Å². The van der Waals surface area contributed by atoms with Gasteiger partial charge >= 0.3 is 0 Å². The third-order valence-electron chi connectivity index (χ3n) is 4.17. The van der Waals surface area contributed by atoms with Crippen LogP contribution < -0.4 is 5.32 Å². The maximum Gasteiger partial charge on any atom is 0.268 e. The summed E-state index contributed by atoms with van der Waals surface area (Å²) >= 11 is 1.62. The molecule has 0 fully saturated rings. The Hall–Kier alpha value is -2.14. The van der Waals surface area contributed by atoms with Gasteiger partial charge in [-0.3, -0.25) is 10.1 Å². The summed E-state index contributed by atoms with van der Waals surface area (Å²) in [4.78, 5) is 22.1. The van der Waals surface area contributed by atoms with E-state index in [0.29, 0.717) is 11.9 Å². The zero-order valence-corrected chi connectivity index (χ0v) is 13.2. The number of hydrogen-bond donors (Lipinski definition) is 2. The van der Waals surface area contributed by atoms with E-state index in [0.717, 1.165) is 28.8 Å². The molecule has 0 bridgehead atoms. The highest BCUT2D eigenvalue weighted by molar-refractivity contribution is 7.14. The molecule has 112 valence electrons. The monoisotopic (exact) mass is 311 g/mol. The standard InChI is InChI=1S/C17H17N3OS/c1-10-6-7-14-11(8-10)9-15(22-14)16(21)20-17-18-12-4-2-3-5-13(12)19-17/h2-5,9-10H,6-8H2,1H3,(H2,18,19,20,21)/t10-/m0/s1. The van der Waals surface area contributed by atoms with Crippen LogP contribution in [-0.4, -0.2) is 15.9 Å². The van der Waals surface area contributed by atoms with Crippen LogP contribution in [0.15, 0.2) is 30.3 Å². The lowest BCUT2D eigenvalue weighted by atomic mass is 9.90. The molecule has 4 rings (SSSR count). The molecule has 0 aliphatic heterocycles. The number of rotatable bonds is 2. The van der Waals surface area contributed by atoms with Crippen molar-refractivity contribution in [3.05, 3.63) is 45.6 Å². The van der Waals surface area contributed by atoms with Crippen molar-refractivity contribution in [3.8, 4) is 0 Å². The average molecular weight is 311 g/mol. The van der Waals surface area contributed by atoms with Crippen molar-refractivity contribution in [1.29, 1.82) is 0 Å². The predicted octanol–water partition coefficient (Wildman–Crippen LogP) is 4.00. The SMILES string of the molecule is C[C@H]1CCc2sc(C(=O)Nc3nc4ccccc4[nH]3)cc2C1. The van der Waals surface area contributed by atoms with Crippen molar-refractivity contribution < 1.29 is 4.79 Å². The first-order valence-corrected chi connectivity index (χ1v) is 8.38. The van der Waals surface area contributed by atoms with E-state index in [-0.39, 0.29) is 5.91 Å². The van der Waals surface area contributed by atoms with Gasteiger partial charge in [0.1, 0.15) is 0 Å². The summed E-state index contributed by atoms with van der Waals surface area (Å²) in [7, 11) is 0. The topological polar surface area (TPSA) is 57.8 Å². The van der Waals surface area contributed by atoms with E-state index in [2.05, 4.69) is 22.2 Å². The molecule has 4 nitrogen and oxygen atoms in total. The number of amides is 1. The lowest BCUT2D eigenvalue weighted by molar-refractivity contribution is 0.102. The number of aryl methyl sites for hydroxylation is 1. The molecule has 5 heteroatoms.